The average Bonchev–Trinajstić information content (AvgIpc) is 2.25. The third kappa shape index (κ3) is 4.62. The topological polar surface area (TPSA) is 41.6 Å². The summed E-state index contributed by atoms with van der Waals surface area (Å²) in [4.78, 5) is 12.7. The number of ether oxygens (including phenoxy) is 1. The number of rotatable bonds is 6. The molecular formula is C11H22N2O2. The van der Waals surface area contributed by atoms with Crippen LogP contribution in [0.15, 0.2) is 0 Å². The SMILES string of the molecule is CC(C)CC(CNC=O)N1CCOCC1. The molecule has 1 aliphatic rings. The summed E-state index contributed by atoms with van der Waals surface area (Å²) in [5.41, 5.74) is 0. The van der Waals surface area contributed by atoms with Crippen LogP contribution in [-0.4, -0.2) is 50.2 Å². The van der Waals surface area contributed by atoms with Gasteiger partial charge in [-0.25, -0.2) is 0 Å². The summed E-state index contributed by atoms with van der Waals surface area (Å²) < 4.78 is 5.33. The molecule has 1 aliphatic heterocycles. The molecule has 1 saturated heterocycles. The molecule has 1 unspecified atom stereocenters. The molecule has 1 fully saturated rings. The molecule has 0 radical (unpaired) electrons. The lowest BCUT2D eigenvalue weighted by Gasteiger charge is -2.35. The summed E-state index contributed by atoms with van der Waals surface area (Å²) in [6.07, 6.45) is 1.91. The van der Waals surface area contributed by atoms with Gasteiger partial charge in [0.25, 0.3) is 0 Å². The Balaban J connectivity index is 2.41. The molecule has 1 rings (SSSR count). The minimum Gasteiger partial charge on any atom is -0.379 e. The minimum atomic E-state index is 0.457. The Morgan fingerprint density at radius 1 is 1.40 bits per heavy atom. The monoisotopic (exact) mass is 214 g/mol. The van der Waals surface area contributed by atoms with Crippen LogP contribution in [0, 0.1) is 5.92 Å². The van der Waals surface area contributed by atoms with Crippen molar-refractivity contribution in [1.29, 1.82) is 0 Å². The Kier molecular flexibility index (Phi) is 5.65. The maximum Gasteiger partial charge on any atom is 0.207 e. The van der Waals surface area contributed by atoms with E-state index < -0.39 is 0 Å². The van der Waals surface area contributed by atoms with Gasteiger partial charge in [0, 0.05) is 25.7 Å². The third-order valence-corrected chi connectivity index (χ3v) is 2.74. The number of nitrogens with zero attached hydrogens (tertiary/aromatic N) is 1. The predicted octanol–water partition coefficient (Wildman–Crippen LogP) is 0.479. The fraction of sp³-hybridized carbons (Fsp3) is 0.909. The predicted molar refractivity (Wildman–Crippen MR) is 59.7 cm³/mol. The number of amides is 1. The molecular weight excluding hydrogens is 192 g/mol. The number of carbonyl (C=O) groups is 1. The van der Waals surface area contributed by atoms with Gasteiger partial charge < -0.3 is 10.1 Å². The van der Waals surface area contributed by atoms with Gasteiger partial charge in [-0.2, -0.15) is 0 Å². The van der Waals surface area contributed by atoms with E-state index in [-0.39, 0.29) is 0 Å². The largest absolute Gasteiger partial charge is 0.379 e. The number of carbonyl (C=O) groups excluding carboxylic acids is 1. The maximum absolute atomic E-state index is 10.3. The fourth-order valence-corrected chi connectivity index (χ4v) is 2.03. The Bertz CT molecular complexity index is 179. The second kappa shape index (κ2) is 6.80. The molecule has 0 aromatic carbocycles. The van der Waals surface area contributed by atoms with Crippen molar-refractivity contribution in [2.75, 3.05) is 32.8 Å². The normalized spacial score (nSPS) is 20.2. The highest BCUT2D eigenvalue weighted by molar-refractivity contribution is 5.45. The van der Waals surface area contributed by atoms with Gasteiger partial charge in [0.2, 0.25) is 6.41 Å². The number of morpholine rings is 1. The lowest BCUT2D eigenvalue weighted by molar-refractivity contribution is -0.109. The van der Waals surface area contributed by atoms with E-state index in [2.05, 4.69) is 24.1 Å². The first-order valence-electron chi connectivity index (χ1n) is 5.73. The van der Waals surface area contributed by atoms with Gasteiger partial charge >= 0.3 is 0 Å². The highest BCUT2D eigenvalue weighted by Gasteiger charge is 2.21. The van der Waals surface area contributed by atoms with Gasteiger partial charge in [0.15, 0.2) is 0 Å². The van der Waals surface area contributed by atoms with Crippen molar-refractivity contribution in [2.24, 2.45) is 5.92 Å². The molecule has 0 spiro atoms. The molecule has 15 heavy (non-hydrogen) atoms. The zero-order valence-corrected chi connectivity index (χ0v) is 9.74. The van der Waals surface area contributed by atoms with Gasteiger partial charge in [0.05, 0.1) is 13.2 Å². The van der Waals surface area contributed by atoms with E-state index in [1.54, 1.807) is 0 Å². The van der Waals surface area contributed by atoms with Crippen LogP contribution in [0.3, 0.4) is 0 Å². The van der Waals surface area contributed by atoms with E-state index in [0.717, 1.165) is 45.7 Å². The van der Waals surface area contributed by atoms with E-state index in [4.69, 9.17) is 4.74 Å². The summed E-state index contributed by atoms with van der Waals surface area (Å²) in [6, 6.07) is 0.457. The minimum absolute atomic E-state index is 0.457. The van der Waals surface area contributed by atoms with Crippen molar-refractivity contribution in [3.8, 4) is 0 Å². The van der Waals surface area contributed by atoms with Crippen molar-refractivity contribution in [2.45, 2.75) is 26.3 Å². The molecule has 88 valence electrons. The van der Waals surface area contributed by atoms with E-state index in [1.165, 1.54) is 0 Å². The lowest BCUT2D eigenvalue weighted by Crippen LogP contribution is -2.48. The van der Waals surface area contributed by atoms with Crippen LogP contribution in [0.2, 0.25) is 0 Å². The molecule has 1 amide bonds. The number of hydrogen-bond donors (Lipinski definition) is 1. The van der Waals surface area contributed by atoms with Crippen LogP contribution >= 0.6 is 0 Å². The van der Waals surface area contributed by atoms with Gasteiger partial charge in [-0.05, 0) is 12.3 Å². The first-order valence-corrected chi connectivity index (χ1v) is 5.73. The Morgan fingerprint density at radius 2 is 2.07 bits per heavy atom. The molecule has 0 saturated carbocycles. The molecule has 0 aromatic heterocycles. The average molecular weight is 214 g/mol. The van der Waals surface area contributed by atoms with E-state index in [1.807, 2.05) is 0 Å². The summed E-state index contributed by atoms with van der Waals surface area (Å²) in [6.45, 7) is 8.78. The van der Waals surface area contributed by atoms with Crippen LogP contribution in [0.4, 0.5) is 0 Å². The lowest BCUT2D eigenvalue weighted by atomic mass is 10.0. The van der Waals surface area contributed by atoms with Crippen molar-refractivity contribution in [3.63, 3.8) is 0 Å². The maximum atomic E-state index is 10.3. The zero-order chi connectivity index (χ0) is 11.1. The van der Waals surface area contributed by atoms with Crippen LogP contribution in [0.1, 0.15) is 20.3 Å². The quantitative estimate of drug-likeness (QED) is 0.654. The van der Waals surface area contributed by atoms with Gasteiger partial charge in [0.1, 0.15) is 0 Å². The first-order chi connectivity index (χ1) is 7.24. The smallest absolute Gasteiger partial charge is 0.207 e. The second-order valence-corrected chi connectivity index (χ2v) is 4.46. The summed E-state index contributed by atoms with van der Waals surface area (Å²) in [5, 5.41) is 2.79. The van der Waals surface area contributed by atoms with E-state index >= 15 is 0 Å². The molecule has 0 bridgehead atoms. The zero-order valence-electron chi connectivity index (χ0n) is 9.74. The highest BCUT2D eigenvalue weighted by Crippen LogP contribution is 2.12. The second-order valence-electron chi connectivity index (χ2n) is 4.46. The number of hydrogen-bond acceptors (Lipinski definition) is 3. The fourth-order valence-electron chi connectivity index (χ4n) is 2.03. The van der Waals surface area contributed by atoms with E-state index in [9.17, 15) is 4.79 Å². The van der Waals surface area contributed by atoms with Crippen LogP contribution in [0.25, 0.3) is 0 Å². The molecule has 1 N–H and O–H groups in total. The van der Waals surface area contributed by atoms with Crippen LogP contribution in [-0.2, 0) is 9.53 Å². The summed E-state index contributed by atoms with van der Waals surface area (Å²) >= 11 is 0. The van der Waals surface area contributed by atoms with Gasteiger partial charge in [-0.1, -0.05) is 13.8 Å². The van der Waals surface area contributed by atoms with E-state index in [0.29, 0.717) is 12.0 Å². The molecule has 4 nitrogen and oxygen atoms in total. The molecule has 4 heteroatoms. The third-order valence-electron chi connectivity index (χ3n) is 2.74. The van der Waals surface area contributed by atoms with Gasteiger partial charge in [-0.15, -0.1) is 0 Å². The Hall–Kier alpha value is -0.610. The first kappa shape index (κ1) is 12.5. The standard InChI is InChI=1S/C11H22N2O2/c1-10(2)7-11(8-12-9-14)13-3-5-15-6-4-13/h9-11H,3-8H2,1-2H3,(H,12,14). The molecule has 1 atom stereocenters. The molecule has 0 aromatic rings. The Labute approximate surface area is 92.0 Å². The summed E-state index contributed by atoms with van der Waals surface area (Å²) in [7, 11) is 0. The van der Waals surface area contributed by atoms with Crippen LogP contribution < -0.4 is 5.32 Å². The molecule has 1 heterocycles. The van der Waals surface area contributed by atoms with Gasteiger partial charge in [-0.3, -0.25) is 9.69 Å². The highest BCUT2D eigenvalue weighted by atomic mass is 16.5. The molecule has 0 aliphatic carbocycles. The Morgan fingerprint density at radius 3 is 2.60 bits per heavy atom. The number of nitrogens with one attached hydrogen (secondary N) is 1. The van der Waals surface area contributed by atoms with Crippen molar-refractivity contribution < 1.29 is 9.53 Å². The van der Waals surface area contributed by atoms with Crippen LogP contribution in [0.5, 0.6) is 0 Å². The van der Waals surface area contributed by atoms with Crippen molar-refractivity contribution in [3.05, 3.63) is 0 Å². The summed E-state index contributed by atoms with van der Waals surface area (Å²) in [5.74, 6) is 0.659. The van der Waals surface area contributed by atoms with Crippen molar-refractivity contribution >= 4 is 6.41 Å². The van der Waals surface area contributed by atoms with Crippen molar-refractivity contribution in [1.82, 2.24) is 10.2 Å².